The molecule has 0 saturated carbocycles. The fourth-order valence-electron chi connectivity index (χ4n) is 3.15. The van der Waals surface area contributed by atoms with Gasteiger partial charge in [0, 0.05) is 17.8 Å². The molecule has 0 radical (unpaired) electrons. The molecule has 7 heteroatoms. The number of para-hydroxylation sites is 1. The maximum atomic E-state index is 13.0. The Morgan fingerprint density at radius 2 is 2.17 bits per heavy atom. The molecule has 24 heavy (non-hydrogen) atoms. The number of hydrogen-bond acceptors (Lipinski definition) is 5. The van der Waals surface area contributed by atoms with Crippen LogP contribution in [0.25, 0.3) is 5.69 Å². The van der Waals surface area contributed by atoms with Crippen molar-refractivity contribution in [3.8, 4) is 5.69 Å². The zero-order valence-electron chi connectivity index (χ0n) is 13.3. The first-order chi connectivity index (χ1) is 11.8. The summed E-state index contributed by atoms with van der Waals surface area (Å²) in [5, 5.41) is 10.0. The summed E-state index contributed by atoms with van der Waals surface area (Å²) in [5.41, 5.74) is 3.41. The minimum Gasteiger partial charge on any atom is -0.316 e. The Balaban J connectivity index is 1.79. The summed E-state index contributed by atoms with van der Waals surface area (Å²) in [5.74, 6) is 1.09. The quantitative estimate of drug-likeness (QED) is 0.788. The van der Waals surface area contributed by atoms with Crippen molar-refractivity contribution in [3.05, 3.63) is 63.2 Å². The fraction of sp³-hybridized carbons (Fsp3) is 0.353. The molecule has 0 bridgehead atoms. The molecule has 1 unspecified atom stereocenters. The minimum absolute atomic E-state index is 0.102. The van der Waals surface area contributed by atoms with E-state index in [9.17, 15) is 4.79 Å². The van der Waals surface area contributed by atoms with E-state index in [1.807, 2.05) is 35.7 Å². The highest BCUT2D eigenvalue weighted by atomic mass is 32.1. The SMILES string of the molecule is O=c1n(Cc2cscn2)nc(C2CCCNC2)n1-c1ccccc1. The van der Waals surface area contributed by atoms with Crippen LogP contribution in [-0.4, -0.2) is 32.4 Å². The molecule has 1 aromatic carbocycles. The van der Waals surface area contributed by atoms with Gasteiger partial charge in [0.15, 0.2) is 0 Å². The van der Waals surface area contributed by atoms with Gasteiger partial charge in [0.2, 0.25) is 0 Å². The van der Waals surface area contributed by atoms with Crippen LogP contribution in [0.15, 0.2) is 46.0 Å². The van der Waals surface area contributed by atoms with E-state index in [1.165, 1.54) is 16.0 Å². The minimum atomic E-state index is -0.102. The Kier molecular flexibility index (Phi) is 4.27. The van der Waals surface area contributed by atoms with E-state index in [0.717, 1.165) is 43.1 Å². The zero-order chi connectivity index (χ0) is 16.4. The first kappa shape index (κ1) is 15.3. The molecule has 6 nitrogen and oxygen atoms in total. The van der Waals surface area contributed by atoms with Crippen LogP contribution in [0, 0.1) is 0 Å². The van der Waals surface area contributed by atoms with E-state index in [2.05, 4.69) is 15.4 Å². The van der Waals surface area contributed by atoms with Crippen LogP contribution in [0.1, 0.15) is 30.3 Å². The predicted octanol–water partition coefficient (Wildman–Crippen LogP) is 2.01. The van der Waals surface area contributed by atoms with Gasteiger partial charge in [0.1, 0.15) is 5.82 Å². The van der Waals surface area contributed by atoms with Crippen molar-refractivity contribution in [2.45, 2.75) is 25.3 Å². The van der Waals surface area contributed by atoms with Crippen LogP contribution in [0.3, 0.4) is 0 Å². The molecule has 1 fully saturated rings. The molecule has 0 aliphatic carbocycles. The van der Waals surface area contributed by atoms with Gasteiger partial charge in [0.25, 0.3) is 0 Å². The first-order valence-electron chi connectivity index (χ1n) is 8.16. The summed E-state index contributed by atoms with van der Waals surface area (Å²) in [6.07, 6.45) is 2.15. The summed E-state index contributed by atoms with van der Waals surface area (Å²) in [7, 11) is 0. The second-order valence-electron chi connectivity index (χ2n) is 5.99. The van der Waals surface area contributed by atoms with E-state index >= 15 is 0 Å². The van der Waals surface area contributed by atoms with E-state index in [1.54, 1.807) is 10.1 Å². The molecule has 3 heterocycles. The Morgan fingerprint density at radius 3 is 2.88 bits per heavy atom. The number of piperidine rings is 1. The summed E-state index contributed by atoms with van der Waals surface area (Å²) >= 11 is 1.53. The molecular weight excluding hydrogens is 322 g/mol. The van der Waals surface area contributed by atoms with E-state index in [0.29, 0.717) is 6.54 Å². The van der Waals surface area contributed by atoms with Crippen molar-refractivity contribution in [2.24, 2.45) is 0 Å². The smallest absolute Gasteiger partial charge is 0.316 e. The third kappa shape index (κ3) is 2.92. The Hall–Kier alpha value is -2.25. The van der Waals surface area contributed by atoms with Crippen LogP contribution >= 0.6 is 11.3 Å². The molecule has 1 aliphatic rings. The summed E-state index contributed by atoms with van der Waals surface area (Å²) in [6, 6.07) is 9.76. The molecule has 124 valence electrons. The van der Waals surface area contributed by atoms with Crippen molar-refractivity contribution in [1.29, 1.82) is 0 Å². The maximum absolute atomic E-state index is 13.0. The van der Waals surface area contributed by atoms with Crippen LogP contribution < -0.4 is 11.0 Å². The average Bonchev–Trinajstić information content (AvgIpc) is 3.25. The van der Waals surface area contributed by atoms with Crippen LogP contribution in [0.4, 0.5) is 0 Å². The Morgan fingerprint density at radius 1 is 1.29 bits per heavy atom. The van der Waals surface area contributed by atoms with E-state index in [-0.39, 0.29) is 11.6 Å². The summed E-state index contributed by atoms with van der Waals surface area (Å²) < 4.78 is 3.29. The van der Waals surface area contributed by atoms with Gasteiger partial charge in [-0.15, -0.1) is 11.3 Å². The van der Waals surface area contributed by atoms with Crippen molar-refractivity contribution in [3.63, 3.8) is 0 Å². The second-order valence-corrected chi connectivity index (χ2v) is 6.71. The van der Waals surface area contributed by atoms with Crippen LogP contribution in [0.2, 0.25) is 0 Å². The maximum Gasteiger partial charge on any atom is 0.350 e. The predicted molar refractivity (Wildman–Crippen MR) is 93.9 cm³/mol. The number of hydrogen-bond donors (Lipinski definition) is 1. The number of benzene rings is 1. The van der Waals surface area contributed by atoms with Gasteiger partial charge in [-0.1, -0.05) is 18.2 Å². The lowest BCUT2D eigenvalue weighted by Crippen LogP contribution is -2.31. The monoisotopic (exact) mass is 341 g/mol. The molecular formula is C17H19N5OS. The molecule has 0 amide bonds. The molecule has 3 aromatic rings. The van der Waals surface area contributed by atoms with Crippen molar-refractivity contribution >= 4 is 11.3 Å². The fourth-order valence-corrected chi connectivity index (χ4v) is 3.70. The summed E-state index contributed by atoms with van der Waals surface area (Å²) in [6.45, 7) is 2.31. The first-order valence-corrected chi connectivity index (χ1v) is 9.10. The molecule has 1 N–H and O–H groups in total. The van der Waals surface area contributed by atoms with Gasteiger partial charge >= 0.3 is 5.69 Å². The van der Waals surface area contributed by atoms with Gasteiger partial charge in [-0.25, -0.2) is 19.0 Å². The third-order valence-electron chi connectivity index (χ3n) is 4.34. The number of aromatic nitrogens is 4. The average molecular weight is 341 g/mol. The second kappa shape index (κ2) is 6.70. The lowest BCUT2D eigenvalue weighted by molar-refractivity contribution is 0.439. The highest BCUT2D eigenvalue weighted by molar-refractivity contribution is 7.07. The molecule has 1 atom stereocenters. The molecule has 0 spiro atoms. The molecule has 4 rings (SSSR count). The van der Waals surface area contributed by atoms with Gasteiger partial charge in [-0.3, -0.25) is 0 Å². The molecule has 1 saturated heterocycles. The number of nitrogens with zero attached hydrogens (tertiary/aromatic N) is 4. The van der Waals surface area contributed by atoms with Crippen molar-refractivity contribution in [2.75, 3.05) is 13.1 Å². The number of thiazole rings is 1. The van der Waals surface area contributed by atoms with Gasteiger partial charge < -0.3 is 5.32 Å². The molecule has 1 aliphatic heterocycles. The number of rotatable bonds is 4. The van der Waals surface area contributed by atoms with Gasteiger partial charge in [-0.05, 0) is 31.5 Å². The van der Waals surface area contributed by atoms with Crippen molar-refractivity contribution < 1.29 is 0 Å². The molecule has 2 aromatic heterocycles. The third-order valence-corrected chi connectivity index (χ3v) is 4.97. The van der Waals surface area contributed by atoms with Crippen LogP contribution in [-0.2, 0) is 6.54 Å². The summed E-state index contributed by atoms with van der Waals surface area (Å²) in [4.78, 5) is 17.3. The topological polar surface area (TPSA) is 64.7 Å². The lowest BCUT2D eigenvalue weighted by Gasteiger charge is -2.22. The van der Waals surface area contributed by atoms with E-state index < -0.39 is 0 Å². The van der Waals surface area contributed by atoms with Crippen molar-refractivity contribution in [1.82, 2.24) is 24.6 Å². The highest BCUT2D eigenvalue weighted by Crippen LogP contribution is 2.23. The Bertz CT molecular complexity index is 847. The van der Waals surface area contributed by atoms with E-state index in [4.69, 9.17) is 0 Å². The van der Waals surface area contributed by atoms with Gasteiger partial charge in [-0.2, -0.15) is 5.10 Å². The normalized spacial score (nSPS) is 17.9. The zero-order valence-corrected chi connectivity index (χ0v) is 14.1. The Labute approximate surface area is 143 Å². The van der Waals surface area contributed by atoms with Crippen LogP contribution in [0.5, 0.6) is 0 Å². The standard InChI is InChI=1S/C17H19N5OS/c23-17-21(10-14-11-24-12-19-14)20-16(13-5-4-8-18-9-13)22(17)15-6-2-1-3-7-15/h1-3,6-7,11-13,18H,4-5,8-10H2. The largest absolute Gasteiger partial charge is 0.350 e. The lowest BCUT2D eigenvalue weighted by atomic mass is 9.99. The van der Waals surface area contributed by atoms with Gasteiger partial charge in [0.05, 0.1) is 23.4 Å². The number of nitrogens with one attached hydrogen (secondary N) is 1. The highest BCUT2D eigenvalue weighted by Gasteiger charge is 2.24.